The van der Waals surface area contributed by atoms with Gasteiger partial charge in [-0.1, -0.05) is 24.8 Å². The van der Waals surface area contributed by atoms with Crippen LogP contribution in [0.1, 0.15) is 18.4 Å². The smallest absolute Gasteiger partial charge is 0.245 e. The van der Waals surface area contributed by atoms with Crippen molar-refractivity contribution in [1.29, 1.82) is 0 Å². The number of carbonyl (C=O) groups is 1. The minimum Gasteiger partial charge on any atom is -0.456 e. The van der Waals surface area contributed by atoms with E-state index in [1.54, 1.807) is 12.5 Å². The van der Waals surface area contributed by atoms with Crippen LogP contribution in [0.5, 0.6) is 11.5 Å². The number of piperidine rings is 1. The molecule has 36 heavy (non-hydrogen) atoms. The van der Waals surface area contributed by atoms with Gasteiger partial charge in [0.25, 0.3) is 0 Å². The van der Waals surface area contributed by atoms with Crippen molar-refractivity contribution in [2.24, 2.45) is 5.10 Å². The average Bonchev–Trinajstić information content (AvgIpc) is 3.37. The van der Waals surface area contributed by atoms with Gasteiger partial charge in [-0.15, -0.1) is 0 Å². The number of pyridine rings is 1. The molecule has 0 spiro atoms. The van der Waals surface area contributed by atoms with E-state index in [9.17, 15) is 4.79 Å². The zero-order chi connectivity index (χ0) is 24.5. The number of H-pyrrole nitrogens is 1. The second-order valence-electron chi connectivity index (χ2n) is 8.60. The molecule has 2 N–H and O–H groups in total. The van der Waals surface area contributed by atoms with E-state index in [2.05, 4.69) is 31.8 Å². The van der Waals surface area contributed by atoms with E-state index < -0.39 is 0 Å². The number of rotatable bonds is 5. The Bertz CT molecular complexity index is 1440. The molecule has 0 bridgehead atoms. The number of carbonyl (C=O) groups excluding carboxylic acids is 1. The van der Waals surface area contributed by atoms with Gasteiger partial charge in [0, 0.05) is 24.8 Å². The van der Waals surface area contributed by atoms with Crippen LogP contribution in [0, 0.1) is 0 Å². The van der Waals surface area contributed by atoms with E-state index in [0.717, 1.165) is 41.0 Å². The summed E-state index contributed by atoms with van der Waals surface area (Å²) in [5.74, 6) is 3.39. The maximum atomic E-state index is 12.0. The minimum atomic E-state index is -0.0407. The Kier molecular flexibility index (Phi) is 5.53. The average molecular weight is 481 g/mol. The van der Waals surface area contributed by atoms with Gasteiger partial charge in [-0.2, -0.15) is 5.10 Å². The van der Waals surface area contributed by atoms with Gasteiger partial charge in [0.15, 0.2) is 11.7 Å². The summed E-state index contributed by atoms with van der Waals surface area (Å²) in [4.78, 5) is 30.5. The molecular weight excluding hydrogens is 456 g/mol. The van der Waals surface area contributed by atoms with E-state index in [-0.39, 0.29) is 11.9 Å². The molecule has 1 saturated heterocycles. The van der Waals surface area contributed by atoms with E-state index >= 15 is 0 Å². The zero-order valence-corrected chi connectivity index (χ0v) is 19.5. The lowest BCUT2D eigenvalue weighted by Crippen LogP contribution is -2.46. The van der Waals surface area contributed by atoms with Gasteiger partial charge in [-0.05, 0) is 43.2 Å². The third-order valence-electron chi connectivity index (χ3n) is 6.39. The number of benzene rings is 1. The second-order valence-corrected chi connectivity index (χ2v) is 8.60. The molecule has 1 amide bonds. The Balaban J connectivity index is 1.26. The second kappa shape index (κ2) is 9.14. The lowest BCUT2D eigenvalue weighted by Gasteiger charge is -2.37. The van der Waals surface area contributed by atoms with E-state index in [1.807, 2.05) is 58.6 Å². The van der Waals surface area contributed by atoms with Crippen LogP contribution in [-0.4, -0.2) is 55.7 Å². The maximum absolute atomic E-state index is 12.0. The Morgan fingerprint density at radius 3 is 2.67 bits per heavy atom. The van der Waals surface area contributed by atoms with Crippen molar-refractivity contribution < 1.29 is 9.53 Å². The maximum Gasteiger partial charge on any atom is 0.245 e. The number of para-hydroxylation sites is 1. The van der Waals surface area contributed by atoms with Crippen molar-refractivity contribution in [2.45, 2.75) is 18.9 Å². The first-order valence-electron chi connectivity index (χ1n) is 11.8. The topological polar surface area (TPSA) is 112 Å². The van der Waals surface area contributed by atoms with Crippen molar-refractivity contribution in [3.05, 3.63) is 79.4 Å². The Morgan fingerprint density at radius 2 is 1.92 bits per heavy atom. The first-order valence-corrected chi connectivity index (χ1v) is 11.8. The van der Waals surface area contributed by atoms with Crippen molar-refractivity contribution in [3.8, 4) is 11.5 Å². The number of aromatic nitrogens is 4. The SMILES string of the molecule is C=CC(=O)N1CCC(N2N=C(Nc3ccc(Oc4ccccc4)cn3)c3c[nH]c4ncnc2c34)CC1. The molecular formula is C26H24N8O2. The molecule has 0 atom stereocenters. The van der Waals surface area contributed by atoms with Gasteiger partial charge in [0.2, 0.25) is 5.91 Å². The molecule has 4 aromatic rings. The first kappa shape index (κ1) is 21.8. The van der Waals surface area contributed by atoms with E-state index in [1.165, 1.54) is 6.08 Å². The summed E-state index contributed by atoms with van der Waals surface area (Å²) < 4.78 is 5.85. The number of likely N-dealkylation sites (tertiary alicyclic amines) is 1. The third kappa shape index (κ3) is 4.02. The summed E-state index contributed by atoms with van der Waals surface area (Å²) in [6.45, 7) is 4.88. The number of hydrogen-bond acceptors (Lipinski definition) is 8. The molecule has 0 radical (unpaired) electrons. The minimum absolute atomic E-state index is 0.0407. The lowest BCUT2D eigenvalue weighted by atomic mass is 10.0. The number of nitrogens with one attached hydrogen (secondary N) is 2. The number of amidine groups is 1. The number of hydrogen-bond donors (Lipinski definition) is 2. The zero-order valence-electron chi connectivity index (χ0n) is 19.5. The predicted molar refractivity (Wildman–Crippen MR) is 137 cm³/mol. The molecule has 1 fully saturated rings. The fourth-order valence-electron chi connectivity index (χ4n) is 4.58. The third-order valence-corrected chi connectivity index (χ3v) is 6.39. The number of nitrogens with zero attached hydrogens (tertiary/aromatic N) is 6. The van der Waals surface area contributed by atoms with Gasteiger partial charge in [0.05, 0.1) is 17.6 Å². The van der Waals surface area contributed by atoms with Gasteiger partial charge in [-0.3, -0.25) is 4.79 Å². The van der Waals surface area contributed by atoms with Gasteiger partial charge in [-0.25, -0.2) is 20.0 Å². The van der Waals surface area contributed by atoms with Crippen molar-refractivity contribution in [3.63, 3.8) is 0 Å². The number of ether oxygens (including phenoxy) is 1. The molecule has 0 aliphatic carbocycles. The van der Waals surface area contributed by atoms with Crippen molar-refractivity contribution >= 4 is 34.4 Å². The summed E-state index contributed by atoms with van der Waals surface area (Å²) in [5.41, 5.74) is 1.62. The van der Waals surface area contributed by atoms with Crippen LogP contribution in [0.2, 0.25) is 0 Å². The molecule has 2 aliphatic heterocycles. The molecule has 0 saturated carbocycles. The highest BCUT2D eigenvalue weighted by Crippen LogP contribution is 2.35. The quantitative estimate of drug-likeness (QED) is 0.417. The molecule has 0 unspecified atom stereocenters. The van der Waals surface area contributed by atoms with Crippen LogP contribution in [0.3, 0.4) is 0 Å². The van der Waals surface area contributed by atoms with E-state index in [4.69, 9.17) is 9.84 Å². The summed E-state index contributed by atoms with van der Waals surface area (Å²) >= 11 is 0. The number of aromatic amines is 1. The largest absolute Gasteiger partial charge is 0.456 e. The fourth-order valence-corrected chi connectivity index (χ4v) is 4.58. The summed E-state index contributed by atoms with van der Waals surface area (Å²) in [6.07, 6.45) is 8.00. The molecule has 6 rings (SSSR count). The highest BCUT2D eigenvalue weighted by atomic mass is 16.5. The molecule has 5 heterocycles. The van der Waals surface area contributed by atoms with Gasteiger partial charge >= 0.3 is 0 Å². The van der Waals surface area contributed by atoms with E-state index in [0.29, 0.717) is 30.5 Å². The van der Waals surface area contributed by atoms with Crippen LogP contribution in [0.25, 0.3) is 11.0 Å². The summed E-state index contributed by atoms with van der Waals surface area (Å²) in [7, 11) is 0. The molecule has 10 nitrogen and oxygen atoms in total. The number of amides is 1. The molecule has 180 valence electrons. The molecule has 2 aliphatic rings. The highest BCUT2D eigenvalue weighted by Gasteiger charge is 2.33. The van der Waals surface area contributed by atoms with Gasteiger partial charge in [0.1, 0.15) is 29.3 Å². The molecule has 10 heteroatoms. The number of hydrazone groups is 1. The highest BCUT2D eigenvalue weighted by molar-refractivity contribution is 6.19. The van der Waals surface area contributed by atoms with Gasteiger partial charge < -0.3 is 19.9 Å². The van der Waals surface area contributed by atoms with Crippen LogP contribution in [-0.2, 0) is 4.79 Å². The molecule has 1 aromatic carbocycles. The lowest BCUT2D eigenvalue weighted by molar-refractivity contribution is -0.127. The molecule has 3 aromatic heterocycles. The first-order chi connectivity index (χ1) is 17.7. The summed E-state index contributed by atoms with van der Waals surface area (Å²) in [5, 5.41) is 11.2. The van der Waals surface area contributed by atoms with Crippen LogP contribution < -0.4 is 15.1 Å². The van der Waals surface area contributed by atoms with Crippen LogP contribution >= 0.6 is 0 Å². The number of anilines is 2. The van der Waals surface area contributed by atoms with Crippen molar-refractivity contribution in [1.82, 2.24) is 24.8 Å². The Morgan fingerprint density at radius 1 is 1.08 bits per heavy atom. The predicted octanol–water partition coefficient (Wildman–Crippen LogP) is 3.92. The van der Waals surface area contributed by atoms with Crippen molar-refractivity contribution in [2.75, 3.05) is 23.4 Å². The Labute approximate surface area is 207 Å². The standard InChI is InChI=1S/C26H24N8O2/c1-2-22(35)33-12-10-17(11-13-33)34-26-23-20(15-28-25(23)29-16-30-26)24(32-34)31-21-9-8-19(14-27-21)36-18-6-4-3-5-7-18/h2-9,14-17H,1,10-13H2,(H,27,31,32)(H,28,29,30). The summed E-state index contributed by atoms with van der Waals surface area (Å²) in [6, 6.07) is 13.4. The Hall–Kier alpha value is -4.73. The van der Waals surface area contributed by atoms with Crippen LogP contribution in [0.15, 0.2) is 78.9 Å². The fraction of sp³-hybridized carbons (Fsp3) is 0.192. The monoisotopic (exact) mass is 480 g/mol. The van der Waals surface area contributed by atoms with Crippen LogP contribution in [0.4, 0.5) is 11.6 Å². The normalized spacial score (nSPS) is 15.5.